The summed E-state index contributed by atoms with van der Waals surface area (Å²) in [6, 6.07) is 12.1. The number of benzene rings is 2. The van der Waals surface area contributed by atoms with Crippen molar-refractivity contribution >= 4 is 17.5 Å². The minimum absolute atomic E-state index is 0.0612. The van der Waals surface area contributed by atoms with E-state index in [1.165, 1.54) is 6.07 Å². The highest BCUT2D eigenvalue weighted by molar-refractivity contribution is 6.31. The van der Waals surface area contributed by atoms with E-state index in [-0.39, 0.29) is 29.1 Å². The van der Waals surface area contributed by atoms with Crippen LogP contribution in [-0.4, -0.2) is 19.0 Å². The fourth-order valence-electron chi connectivity index (χ4n) is 4.34. The van der Waals surface area contributed by atoms with Gasteiger partial charge in [0.1, 0.15) is 5.82 Å². The second kappa shape index (κ2) is 7.25. The first-order chi connectivity index (χ1) is 13.0. The standard InChI is InChI=1S/C22H24ClFN2O/c1-14-12-15(6-7-19(14)24)20(16-4-2-3-5-18(16)23)26-21(27)17-13-22(17)8-10-25-11-9-22/h2-7,12,17,20,25H,8-11,13H2,1H3,(H,26,27). The van der Waals surface area contributed by atoms with Crippen LogP contribution in [0, 0.1) is 24.1 Å². The molecule has 2 fully saturated rings. The van der Waals surface area contributed by atoms with E-state index in [1.807, 2.05) is 24.3 Å². The van der Waals surface area contributed by atoms with Crippen LogP contribution >= 0.6 is 11.6 Å². The third-order valence-corrected chi connectivity index (χ3v) is 6.47. The predicted octanol–water partition coefficient (Wildman–Crippen LogP) is 4.38. The highest BCUT2D eigenvalue weighted by Crippen LogP contribution is 2.58. The topological polar surface area (TPSA) is 41.1 Å². The molecule has 2 N–H and O–H groups in total. The number of hydrogen-bond acceptors (Lipinski definition) is 2. The number of carbonyl (C=O) groups is 1. The Morgan fingerprint density at radius 3 is 2.70 bits per heavy atom. The van der Waals surface area contributed by atoms with Crippen LogP contribution in [0.15, 0.2) is 42.5 Å². The van der Waals surface area contributed by atoms with Gasteiger partial charge in [0.2, 0.25) is 5.91 Å². The number of amides is 1. The number of piperidine rings is 1. The highest BCUT2D eigenvalue weighted by Gasteiger charge is 2.57. The monoisotopic (exact) mass is 386 g/mol. The second-order valence-corrected chi connectivity index (χ2v) is 8.25. The Morgan fingerprint density at radius 1 is 1.26 bits per heavy atom. The summed E-state index contributed by atoms with van der Waals surface area (Å²) < 4.78 is 13.8. The lowest BCUT2D eigenvalue weighted by atomic mass is 9.91. The van der Waals surface area contributed by atoms with Crippen LogP contribution in [0.1, 0.15) is 42.0 Å². The number of hydrogen-bond donors (Lipinski definition) is 2. The predicted molar refractivity (Wildman–Crippen MR) is 105 cm³/mol. The summed E-state index contributed by atoms with van der Waals surface area (Å²) in [4.78, 5) is 13.1. The van der Waals surface area contributed by atoms with Crippen LogP contribution in [0.2, 0.25) is 5.02 Å². The van der Waals surface area contributed by atoms with Crippen LogP contribution in [0.3, 0.4) is 0 Å². The molecule has 2 aromatic carbocycles. The normalized spacial score (nSPS) is 21.7. The van der Waals surface area contributed by atoms with Crippen LogP contribution < -0.4 is 10.6 Å². The quantitative estimate of drug-likeness (QED) is 0.818. The maximum atomic E-state index is 13.8. The Balaban J connectivity index is 1.61. The highest BCUT2D eigenvalue weighted by atomic mass is 35.5. The third-order valence-electron chi connectivity index (χ3n) is 6.12. The Morgan fingerprint density at radius 2 is 2.00 bits per heavy atom. The molecule has 2 aromatic rings. The van der Waals surface area contributed by atoms with Gasteiger partial charge in [-0.3, -0.25) is 4.79 Å². The largest absolute Gasteiger partial charge is 0.345 e. The first-order valence-corrected chi connectivity index (χ1v) is 9.89. The van der Waals surface area contributed by atoms with E-state index in [0.29, 0.717) is 10.6 Å². The molecule has 4 rings (SSSR count). The van der Waals surface area contributed by atoms with E-state index in [4.69, 9.17) is 11.6 Å². The van der Waals surface area contributed by atoms with E-state index in [2.05, 4.69) is 10.6 Å². The molecule has 1 spiro atoms. The van der Waals surface area contributed by atoms with E-state index >= 15 is 0 Å². The smallest absolute Gasteiger partial charge is 0.224 e. The van der Waals surface area contributed by atoms with Crippen molar-refractivity contribution < 1.29 is 9.18 Å². The molecule has 0 radical (unpaired) electrons. The van der Waals surface area contributed by atoms with E-state index in [1.54, 1.807) is 19.1 Å². The summed E-state index contributed by atoms with van der Waals surface area (Å²) in [5.74, 6) is -0.117. The maximum Gasteiger partial charge on any atom is 0.224 e. The van der Waals surface area contributed by atoms with Crippen molar-refractivity contribution in [3.05, 3.63) is 70.0 Å². The summed E-state index contributed by atoms with van der Waals surface area (Å²) in [6.45, 7) is 3.69. The molecule has 1 saturated carbocycles. The Kier molecular flexibility index (Phi) is 4.95. The van der Waals surface area contributed by atoms with E-state index in [9.17, 15) is 9.18 Å². The Labute approximate surface area is 164 Å². The molecule has 142 valence electrons. The average molecular weight is 387 g/mol. The number of rotatable bonds is 4. The van der Waals surface area contributed by atoms with Gasteiger partial charge in [-0.2, -0.15) is 0 Å². The number of aryl methyl sites for hydroxylation is 1. The van der Waals surface area contributed by atoms with Gasteiger partial charge in [-0.05, 0) is 73.5 Å². The van der Waals surface area contributed by atoms with Gasteiger partial charge >= 0.3 is 0 Å². The van der Waals surface area contributed by atoms with Crippen molar-refractivity contribution in [2.24, 2.45) is 11.3 Å². The molecule has 3 nitrogen and oxygen atoms in total. The fraction of sp³-hybridized carbons (Fsp3) is 0.409. The third kappa shape index (κ3) is 3.61. The van der Waals surface area contributed by atoms with Gasteiger partial charge in [0, 0.05) is 10.9 Å². The van der Waals surface area contributed by atoms with Crippen molar-refractivity contribution in [3.8, 4) is 0 Å². The number of halogens is 2. The molecule has 1 aliphatic heterocycles. The lowest BCUT2D eigenvalue weighted by molar-refractivity contribution is -0.123. The molecular weight excluding hydrogens is 363 g/mol. The van der Waals surface area contributed by atoms with Crippen molar-refractivity contribution in [2.75, 3.05) is 13.1 Å². The zero-order valence-corrected chi connectivity index (χ0v) is 16.2. The van der Waals surface area contributed by atoms with Gasteiger partial charge in [0.05, 0.1) is 6.04 Å². The molecule has 2 atom stereocenters. The molecule has 2 aliphatic rings. The van der Waals surface area contributed by atoms with Crippen LogP contribution in [0.4, 0.5) is 4.39 Å². The number of carbonyl (C=O) groups excluding carboxylic acids is 1. The van der Waals surface area contributed by atoms with E-state index < -0.39 is 0 Å². The lowest BCUT2D eigenvalue weighted by Crippen LogP contribution is -2.35. The molecule has 1 aliphatic carbocycles. The van der Waals surface area contributed by atoms with Crippen molar-refractivity contribution in [3.63, 3.8) is 0 Å². The van der Waals surface area contributed by atoms with Gasteiger partial charge in [-0.25, -0.2) is 4.39 Å². The number of nitrogens with one attached hydrogen (secondary N) is 2. The molecule has 1 amide bonds. The summed E-state index contributed by atoms with van der Waals surface area (Å²) >= 11 is 6.43. The maximum absolute atomic E-state index is 13.8. The van der Waals surface area contributed by atoms with Crippen molar-refractivity contribution in [1.82, 2.24) is 10.6 Å². The zero-order chi connectivity index (χ0) is 19.0. The summed E-state index contributed by atoms with van der Waals surface area (Å²) in [7, 11) is 0. The summed E-state index contributed by atoms with van der Waals surface area (Å²) in [5.41, 5.74) is 2.40. The van der Waals surface area contributed by atoms with Gasteiger partial charge in [-0.1, -0.05) is 41.9 Å². The molecule has 0 bridgehead atoms. The lowest BCUT2D eigenvalue weighted by Gasteiger charge is -2.25. The molecule has 1 heterocycles. The summed E-state index contributed by atoms with van der Waals surface area (Å²) in [5, 5.41) is 7.17. The minimum Gasteiger partial charge on any atom is -0.345 e. The van der Waals surface area contributed by atoms with E-state index in [0.717, 1.165) is 43.5 Å². The Hall–Kier alpha value is -1.91. The zero-order valence-electron chi connectivity index (χ0n) is 15.4. The van der Waals surface area contributed by atoms with Crippen molar-refractivity contribution in [2.45, 2.75) is 32.2 Å². The average Bonchev–Trinajstić information content (AvgIpc) is 3.36. The first kappa shape index (κ1) is 18.5. The van der Waals surface area contributed by atoms with Crippen molar-refractivity contribution in [1.29, 1.82) is 0 Å². The molecule has 1 saturated heterocycles. The molecule has 2 unspecified atom stereocenters. The summed E-state index contributed by atoms with van der Waals surface area (Å²) in [6.07, 6.45) is 3.06. The molecule has 5 heteroatoms. The van der Waals surface area contributed by atoms with Gasteiger partial charge in [0.15, 0.2) is 0 Å². The van der Waals surface area contributed by atoms with Gasteiger partial charge in [-0.15, -0.1) is 0 Å². The molecule has 0 aromatic heterocycles. The molecular formula is C22H24ClFN2O. The Bertz CT molecular complexity index is 863. The van der Waals surface area contributed by atoms with Crippen LogP contribution in [0.25, 0.3) is 0 Å². The fourth-order valence-corrected chi connectivity index (χ4v) is 4.58. The van der Waals surface area contributed by atoms with Gasteiger partial charge < -0.3 is 10.6 Å². The first-order valence-electron chi connectivity index (χ1n) is 9.52. The van der Waals surface area contributed by atoms with Crippen LogP contribution in [-0.2, 0) is 4.79 Å². The molecule has 27 heavy (non-hydrogen) atoms. The second-order valence-electron chi connectivity index (χ2n) is 7.84. The minimum atomic E-state index is -0.384. The van der Waals surface area contributed by atoms with Gasteiger partial charge in [0.25, 0.3) is 0 Å². The SMILES string of the molecule is Cc1cc(C(NC(=O)C2CC23CCNCC3)c2ccccc2Cl)ccc1F. The van der Waals surface area contributed by atoms with Crippen LogP contribution in [0.5, 0.6) is 0 Å².